The highest BCUT2D eigenvalue weighted by Gasteiger charge is 2.29. The van der Waals surface area contributed by atoms with Crippen molar-refractivity contribution in [1.82, 2.24) is 0 Å². The smallest absolute Gasteiger partial charge is 0.167 e. The van der Waals surface area contributed by atoms with Gasteiger partial charge in [-0.15, -0.1) is 0 Å². The van der Waals surface area contributed by atoms with Crippen molar-refractivity contribution in [2.24, 2.45) is 5.92 Å². The molecule has 1 saturated carbocycles. The third kappa shape index (κ3) is 4.14. The van der Waals surface area contributed by atoms with Crippen LogP contribution >= 0.6 is 0 Å². The van der Waals surface area contributed by atoms with Crippen LogP contribution in [0.3, 0.4) is 0 Å². The molecule has 0 heterocycles. The SMILES string of the molecule is CCCc1ccc2c(c1)Cc1cc(-c3ccccc3C3CCC(CCC)CC3)c(F)c(F)c1-2. The van der Waals surface area contributed by atoms with Crippen molar-refractivity contribution in [2.45, 2.75) is 77.6 Å². The summed E-state index contributed by atoms with van der Waals surface area (Å²) in [7, 11) is 0. The fourth-order valence-corrected chi connectivity index (χ4v) is 6.26. The van der Waals surface area contributed by atoms with Gasteiger partial charge in [-0.1, -0.05) is 75.6 Å². The molecule has 172 valence electrons. The number of fused-ring (bicyclic) bond motifs is 3. The first-order valence-electron chi connectivity index (χ1n) is 12.8. The van der Waals surface area contributed by atoms with Gasteiger partial charge in [0.2, 0.25) is 0 Å². The minimum atomic E-state index is -0.702. The number of aryl methyl sites for hydroxylation is 1. The quantitative estimate of drug-likeness (QED) is 0.278. The van der Waals surface area contributed by atoms with E-state index in [1.54, 1.807) is 0 Å². The summed E-state index contributed by atoms with van der Waals surface area (Å²) < 4.78 is 31.1. The van der Waals surface area contributed by atoms with Gasteiger partial charge in [0.15, 0.2) is 11.6 Å². The largest absolute Gasteiger partial charge is 0.203 e. The van der Waals surface area contributed by atoms with E-state index >= 15 is 8.78 Å². The van der Waals surface area contributed by atoms with Crippen LogP contribution in [0.1, 0.15) is 87.0 Å². The Hall–Kier alpha value is -2.48. The molecule has 3 aromatic rings. The van der Waals surface area contributed by atoms with Crippen molar-refractivity contribution in [3.8, 4) is 22.3 Å². The Morgan fingerprint density at radius 2 is 1.55 bits per heavy atom. The molecule has 2 heteroatoms. The molecule has 0 aliphatic heterocycles. The predicted octanol–water partition coefficient (Wildman–Crippen LogP) is 9.23. The van der Waals surface area contributed by atoms with Crippen LogP contribution in [0, 0.1) is 17.6 Å². The number of benzene rings is 3. The zero-order valence-corrected chi connectivity index (χ0v) is 19.9. The van der Waals surface area contributed by atoms with Crippen LogP contribution in [0.2, 0.25) is 0 Å². The summed E-state index contributed by atoms with van der Waals surface area (Å²) in [6.45, 7) is 4.42. The van der Waals surface area contributed by atoms with Crippen molar-refractivity contribution in [2.75, 3.05) is 0 Å². The molecular formula is C31H34F2. The van der Waals surface area contributed by atoms with Crippen LogP contribution in [0.25, 0.3) is 22.3 Å². The molecule has 3 aromatic carbocycles. The lowest BCUT2D eigenvalue weighted by atomic mass is 9.75. The maximum absolute atomic E-state index is 15.6. The second kappa shape index (κ2) is 9.41. The standard InChI is InChI=1S/C31H34F2/c1-3-7-20-11-14-22(15-12-20)25-9-5-6-10-27(25)28-19-24-18-23-17-21(8-4-2)13-16-26(23)29(24)31(33)30(28)32/h5-6,9-10,13,16-17,19-20,22H,3-4,7-8,11-12,14-15,18H2,1-2H3. The molecule has 0 N–H and O–H groups in total. The number of hydrogen-bond donors (Lipinski definition) is 0. The molecule has 1 fully saturated rings. The molecular weight excluding hydrogens is 410 g/mol. The average Bonchev–Trinajstić information content (AvgIpc) is 3.20. The highest BCUT2D eigenvalue weighted by atomic mass is 19.2. The highest BCUT2D eigenvalue weighted by Crippen LogP contribution is 2.45. The third-order valence-corrected chi connectivity index (χ3v) is 7.88. The summed E-state index contributed by atoms with van der Waals surface area (Å²) in [6.07, 6.45) is 10.1. The van der Waals surface area contributed by atoms with E-state index in [1.165, 1.54) is 36.8 Å². The van der Waals surface area contributed by atoms with Crippen molar-refractivity contribution in [3.63, 3.8) is 0 Å². The second-order valence-corrected chi connectivity index (χ2v) is 10.1. The summed E-state index contributed by atoms with van der Waals surface area (Å²) in [5, 5.41) is 0. The van der Waals surface area contributed by atoms with Crippen molar-refractivity contribution in [3.05, 3.63) is 82.4 Å². The lowest BCUT2D eigenvalue weighted by molar-refractivity contribution is 0.308. The van der Waals surface area contributed by atoms with Crippen LogP contribution in [-0.4, -0.2) is 0 Å². The summed E-state index contributed by atoms with van der Waals surface area (Å²) in [5.74, 6) is -0.139. The molecule has 0 nitrogen and oxygen atoms in total. The van der Waals surface area contributed by atoms with Crippen molar-refractivity contribution < 1.29 is 8.78 Å². The number of halogens is 2. The van der Waals surface area contributed by atoms with Gasteiger partial charge in [0.05, 0.1) is 0 Å². The van der Waals surface area contributed by atoms with E-state index in [4.69, 9.17) is 0 Å². The Kier molecular flexibility index (Phi) is 6.36. The van der Waals surface area contributed by atoms with Crippen LogP contribution in [0.15, 0.2) is 48.5 Å². The molecule has 0 unspecified atom stereocenters. The van der Waals surface area contributed by atoms with Crippen molar-refractivity contribution >= 4 is 0 Å². The number of rotatable bonds is 6. The molecule has 2 aliphatic carbocycles. The minimum Gasteiger partial charge on any atom is -0.203 e. The predicted molar refractivity (Wildman–Crippen MR) is 134 cm³/mol. The fourth-order valence-electron chi connectivity index (χ4n) is 6.26. The van der Waals surface area contributed by atoms with Gasteiger partial charge in [-0.2, -0.15) is 0 Å². The van der Waals surface area contributed by atoms with Gasteiger partial charge in [-0.05, 0) is 89.8 Å². The monoisotopic (exact) mass is 444 g/mol. The zero-order chi connectivity index (χ0) is 22.9. The maximum atomic E-state index is 15.6. The molecule has 0 atom stereocenters. The van der Waals surface area contributed by atoms with E-state index < -0.39 is 11.6 Å². The second-order valence-electron chi connectivity index (χ2n) is 10.1. The molecule has 0 spiro atoms. The van der Waals surface area contributed by atoms with Gasteiger partial charge in [-0.3, -0.25) is 0 Å². The third-order valence-electron chi connectivity index (χ3n) is 7.88. The van der Waals surface area contributed by atoms with Crippen LogP contribution in [-0.2, 0) is 12.8 Å². The van der Waals surface area contributed by atoms with Gasteiger partial charge >= 0.3 is 0 Å². The highest BCUT2D eigenvalue weighted by molar-refractivity contribution is 5.82. The van der Waals surface area contributed by atoms with E-state index in [0.29, 0.717) is 23.5 Å². The summed E-state index contributed by atoms with van der Waals surface area (Å²) in [5.41, 5.74) is 7.11. The molecule has 0 amide bonds. The molecule has 33 heavy (non-hydrogen) atoms. The van der Waals surface area contributed by atoms with Gasteiger partial charge < -0.3 is 0 Å². The molecule has 0 radical (unpaired) electrons. The van der Waals surface area contributed by atoms with E-state index in [0.717, 1.165) is 53.9 Å². The molecule has 2 aliphatic rings. The summed E-state index contributed by atoms with van der Waals surface area (Å²) >= 11 is 0. The Labute approximate surface area is 197 Å². The van der Waals surface area contributed by atoms with Crippen LogP contribution in [0.4, 0.5) is 8.78 Å². The maximum Gasteiger partial charge on any atom is 0.167 e. The topological polar surface area (TPSA) is 0 Å². The number of hydrogen-bond acceptors (Lipinski definition) is 0. The zero-order valence-electron chi connectivity index (χ0n) is 19.9. The minimum absolute atomic E-state index is 0.429. The first-order valence-corrected chi connectivity index (χ1v) is 12.8. The van der Waals surface area contributed by atoms with Gasteiger partial charge in [-0.25, -0.2) is 8.78 Å². The van der Waals surface area contributed by atoms with Crippen molar-refractivity contribution in [1.29, 1.82) is 0 Å². The van der Waals surface area contributed by atoms with Gasteiger partial charge in [0.1, 0.15) is 0 Å². The van der Waals surface area contributed by atoms with E-state index in [-0.39, 0.29) is 0 Å². The van der Waals surface area contributed by atoms with Gasteiger partial charge in [0, 0.05) is 11.1 Å². The summed E-state index contributed by atoms with van der Waals surface area (Å²) in [6, 6.07) is 16.3. The average molecular weight is 445 g/mol. The molecule has 0 saturated heterocycles. The Bertz CT molecular complexity index is 1150. The molecule has 0 bridgehead atoms. The Balaban J connectivity index is 1.51. The Morgan fingerprint density at radius 1 is 0.758 bits per heavy atom. The van der Waals surface area contributed by atoms with E-state index in [1.807, 2.05) is 30.3 Å². The van der Waals surface area contributed by atoms with E-state index in [9.17, 15) is 0 Å². The van der Waals surface area contributed by atoms with Crippen LogP contribution < -0.4 is 0 Å². The lowest BCUT2D eigenvalue weighted by Crippen LogP contribution is -2.14. The summed E-state index contributed by atoms with van der Waals surface area (Å²) in [4.78, 5) is 0. The van der Waals surface area contributed by atoms with E-state index in [2.05, 4.69) is 32.0 Å². The molecule has 5 rings (SSSR count). The normalized spacial score (nSPS) is 19.4. The first kappa shape index (κ1) is 22.3. The van der Waals surface area contributed by atoms with Gasteiger partial charge in [0.25, 0.3) is 0 Å². The van der Waals surface area contributed by atoms with Crippen LogP contribution in [0.5, 0.6) is 0 Å². The molecule has 0 aromatic heterocycles. The fraction of sp³-hybridized carbons (Fsp3) is 0.419. The lowest BCUT2D eigenvalue weighted by Gasteiger charge is -2.30. The Morgan fingerprint density at radius 3 is 2.30 bits per heavy atom. The first-order chi connectivity index (χ1) is 16.1.